The summed E-state index contributed by atoms with van der Waals surface area (Å²) in [6.07, 6.45) is 4.57. The summed E-state index contributed by atoms with van der Waals surface area (Å²) in [7, 11) is 1.68. The van der Waals surface area contributed by atoms with Crippen molar-refractivity contribution in [3.8, 4) is 11.8 Å². The van der Waals surface area contributed by atoms with E-state index in [0.29, 0.717) is 6.04 Å². The third kappa shape index (κ3) is 3.24. The highest BCUT2D eigenvalue weighted by molar-refractivity contribution is 5.28. The summed E-state index contributed by atoms with van der Waals surface area (Å²) in [5, 5.41) is 12.6. The third-order valence-electron chi connectivity index (χ3n) is 3.63. The SMILES string of the molecule is COc1cccc(CNC2CCCCC2C#N)c1. The first-order valence-electron chi connectivity index (χ1n) is 6.59. The Kier molecular flexibility index (Phi) is 4.60. The average Bonchev–Trinajstić information content (AvgIpc) is 2.45. The maximum Gasteiger partial charge on any atom is 0.119 e. The number of methoxy groups -OCH3 is 1. The minimum Gasteiger partial charge on any atom is -0.497 e. The highest BCUT2D eigenvalue weighted by atomic mass is 16.5. The molecule has 3 nitrogen and oxygen atoms in total. The van der Waals surface area contributed by atoms with Crippen molar-refractivity contribution in [3.05, 3.63) is 29.8 Å². The van der Waals surface area contributed by atoms with Crippen LogP contribution in [0.2, 0.25) is 0 Å². The molecule has 1 N–H and O–H groups in total. The fourth-order valence-electron chi connectivity index (χ4n) is 2.56. The number of nitrogens with zero attached hydrogens (tertiary/aromatic N) is 1. The predicted octanol–water partition coefficient (Wildman–Crippen LogP) is 2.87. The number of nitrogens with one attached hydrogen (secondary N) is 1. The van der Waals surface area contributed by atoms with Crippen molar-refractivity contribution in [3.63, 3.8) is 0 Å². The first kappa shape index (κ1) is 12.9. The molecule has 0 saturated heterocycles. The van der Waals surface area contributed by atoms with E-state index in [1.165, 1.54) is 18.4 Å². The van der Waals surface area contributed by atoms with Gasteiger partial charge in [0.1, 0.15) is 5.75 Å². The molecule has 2 unspecified atom stereocenters. The second-order valence-electron chi connectivity index (χ2n) is 4.86. The molecule has 0 spiro atoms. The molecular formula is C15H20N2O. The number of rotatable bonds is 4. The Labute approximate surface area is 109 Å². The molecule has 1 aromatic rings. The molecule has 1 saturated carbocycles. The molecule has 0 amide bonds. The number of benzene rings is 1. The van der Waals surface area contributed by atoms with E-state index in [-0.39, 0.29) is 5.92 Å². The summed E-state index contributed by atoms with van der Waals surface area (Å²) < 4.78 is 5.21. The Bertz CT molecular complexity index is 425. The maximum atomic E-state index is 9.13. The van der Waals surface area contributed by atoms with Crippen LogP contribution in [0.4, 0.5) is 0 Å². The summed E-state index contributed by atoms with van der Waals surface area (Å²) >= 11 is 0. The first-order valence-corrected chi connectivity index (χ1v) is 6.59. The van der Waals surface area contributed by atoms with E-state index in [2.05, 4.69) is 17.5 Å². The largest absolute Gasteiger partial charge is 0.497 e. The van der Waals surface area contributed by atoms with Crippen LogP contribution in [0.15, 0.2) is 24.3 Å². The smallest absolute Gasteiger partial charge is 0.119 e. The van der Waals surface area contributed by atoms with Crippen LogP contribution < -0.4 is 10.1 Å². The molecule has 1 fully saturated rings. The fourth-order valence-corrected chi connectivity index (χ4v) is 2.56. The van der Waals surface area contributed by atoms with Gasteiger partial charge in [0.05, 0.1) is 19.1 Å². The lowest BCUT2D eigenvalue weighted by Gasteiger charge is -2.27. The van der Waals surface area contributed by atoms with Gasteiger partial charge in [0, 0.05) is 12.6 Å². The monoisotopic (exact) mass is 244 g/mol. The minimum absolute atomic E-state index is 0.171. The van der Waals surface area contributed by atoms with Crippen molar-refractivity contribution in [2.24, 2.45) is 5.92 Å². The molecule has 1 aliphatic rings. The molecule has 1 aliphatic carbocycles. The number of hydrogen-bond donors (Lipinski definition) is 1. The zero-order chi connectivity index (χ0) is 12.8. The lowest BCUT2D eigenvalue weighted by Crippen LogP contribution is -2.37. The van der Waals surface area contributed by atoms with Gasteiger partial charge in [0.2, 0.25) is 0 Å². The summed E-state index contributed by atoms with van der Waals surface area (Å²) in [6, 6.07) is 10.8. The lowest BCUT2D eigenvalue weighted by atomic mass is 9.85. The molecular weight excluding hydrogens is 224 g/mol. The molecule has 0 aromatic heterocycles. The molecule has 0 aliphatic heterocycles. The summed E-state index contributed by atoms with van der Waals surface area (Å²) in [5.74, 6) is 1.05. The van der Waals surface area contributed by atoms with Crippen LogP contribution in [0.1, 0.15) is 31.2 Å². The Morgan fingerprint density at radius 3 is 3.00 bits per heavy atom. The lowest BCUT2D eigenvalue weighted by molar-refractivity contribution is 0.311. The molecule has 0 radical (unpaired) electrons. The van der Waals surface area contributed by atoms with E-state index < -0.39 is 0 Å². The van der Waals surface area contributed by atoms with Crippen molar-refractivity contribution in [2.75, 3.05) is 7.11 Å². The zero-order valence-electron chi connectivity index (χ0n) is 10.9. The summed E-state index contributed by atoms with van der Waals surface area (Å²) in [6.45, 7) is 0.806. The van der Waals surface area contributed by atoms with Crippen LogP contribution in [0.25, 0.3) is 0 Å². The quantitative estimate of drug-likeness (QED) is 0.885. The van der Waals surface area contributed by atoms with E-state index >= 15 is 0 Å². The van der Waals surface area contributed by atoms with Gasteiger partial charge in [0.15, 0.2) is 0 Å². The van der Waals surface area contributed by atoms with Crippen molar-refractivity contribution in [1.29, 1.82) is 5.26 Å². The second kappa shape index (κ2) is 6.42. The van der Waals surface area contributed by atoms with E-state index in [9.17, 15) is 0 Å². The van der Waals surface area contributed by atoms with Gasteiger partial charge >= 0.3 is 0 Å². The third-order valence-corrected chi connectivity index (χ3v) is 3.63. The Balaban J connectivity index is 1.91. The molecule has 0 heterocycles. The molecule has 1 aromatic carbocycles. The molecule has 96 valence electrons. The van der Waals surface area contributed by atoms with Crippen LogP contribution in [0, 0.1) is 17.2 Å². The topological polar surface area (TPSA) is 45.0 Å². The summed E-state index contributed by atoms with van der Waals surface area (Å²) in [5.41, 5.74) is 1.21. The second-order valence-corrected chi connectivity index (χ2v) is 4.86. The van der Waals surface area contributed by atoms with E-state index in [1.807, 2.05) is 18.2 Å². The molecule has 3 heteroatoms. The molecule has 2 atom stereocenters. The maximum absolute atomic E-state index is 9.13. The van der Waals surface area contributed by atoms with Crippen LogP contribution >= 0.6 is 0 Å². The van der Waals surface area contributed by atoms with Crippen LogP contribution in [0.3, 0.4) is 0 Å². The highest BCUT2D eigenvalue weighted by Crippen LogP contribution is 2.24. The first-order chi connectivity index (χ1) is 8.83. The van der Waals surface area contributed by atoms with E-state index in [0.717, 1.165) is 25.1 Å². The van der Waals surface area contributed by atoms with Gasteiger partial charge in [-0.1, -0.05) is 25.0 Å². The van der Waals surface area contributed by atoms with Crippen LogP contribution in [-0.2, 0) is 6.54 Å². The van der Waals surface area contributed by atoms with Crippen LogP contribution in [-0.4, -0.2) is 13.2 Å². The Morgan fingerprint density at radius 1 is 1.39 bits per heavy atom. The molecule has 2 rings (SSSR count). The van der Waals surface area contributed by atoms with E-state index in [4.69, 9.17) is 10.00 Å². The predicted molar refractivity (Wildman–Crippen MR) is 71.2 cm³/mol. The van der Waals surface area contributed by atoms with Gasteiger partial charge in [0.25, 0.3) is 0 Å². The number of hydrogen-bond acceptors (Lipinski definition) is 3. The van der Waals surface area contributed by atoms with Crippen molar-refractivity contribution < 1.29 is 4.74 Å². The number of ether oxygens (including phenoxy) is 1. The van der Waals surface area contributed by atoms with Gasteiger partial charge < -0.3 is 10.1 Å². The fraction of sp³-hybridized carbons (Fsp3) is 0.533. The average molecular weight is 244 g/mol. The normalized spacial score (nSPS) is 23.3. The number of nitriles is 1. The Hall–Kier alpha value is -1.53. The standard InChI is InChI=1S/C15H20N2O/c1-18-14-7-4-5-12(9-14)11-17-15-8-3-2-6-13(15)10-16/h4-5,7,9,13,15,17H,2-3,6,8,11H2,1H3. The van der Waals surface area contributed by atoms with Crippen LogP contribution in [0.5, 0.6) is 5.75 Å². The highest BCUT2D eigenvalue weighted by Gasteiger charge is 2.24. The van der Waals surface area contributed by atoms with Crippen molar-refractivity contribution >= 4 is 0 Å². The van der Waals surface area contributed by atoms with E-state index in [1.54, 1.807) is 7.11 Å². The van der Waals surface area contributed by atoms with Gasteiger partial charge in [-0.25, -0.2) is 0 Å². The Morgan fingerprint density at radius 2 is 2.22 bits per heavy atom. The minimum atomic E-state index is 0.171. The van der Waals surface area contributed by atoms with Gasteiger partial charge in [-0.2, -0.15) is 5.26 Å². The molecule has 18 heavy (non-hydrogen) atoms. The van der Waals surface area contributed by atoms with Crippen molar-refractivity contribution in [1.82, 2.24) is 5.32 Å². The zero-order valence-corrected chi connectivity index (χ0v) is 10.9. The summed E-state index contributed by atoms with van der Waals surface area (Å²) in [4.78, 5) is 0. The van der Waals surface area contributed by atoms with Gasteiger partial charge in [-0.3, -0.25) is 0 Å². The molecule has 0 bridgehead atoms. The van der Waals surface area contributed by atoms with Gasteiger partial charge in [-0.05, 0) is 30.5 Å². The van der Waals surface area contributed by atoms with Crippen molar-refractivity contribution in [2.45, 2.75) is 38.3 Å². The van der Waals surface area contributed by atoms with Gasteiger partial charge in [-0.15, -0.1) is 0 Å².